The average molecular weight is 471 g/mol. The van der Waals surface area contributed by atoms with E-state index in [0.717, 1.165) is 0 Å². The topological polar surface area (TPSA) is 0 Å². The van der Waals surface area contributed by atoms with Crippen LogP contribution < -0.4 is 24.8 Å². The molecule has 0 nitrogen and oxygen atoms in total. The summed E-state index contributed by atoms with van der Waals surface area (Å²) in [5.41, 5.74) is 2.73. The first-order chi connectivity index (χ1) is 11.7. The average Bonchev–Trinajstić information content (AvgIpc) is 3.19. The van der Waals surface area contributed by atoms with Crippen molar-refractivity contribution in [1.82, 2.24) is 0 Å². The van der Waals surface area contributed by atoms with E-state index in [1.807, 2.05) is 0 Å². The normalized spacial score (nSPS) is 9.70. The molecule has 0 unspecified atom stereocenters. The summed E-state index contributed by atoms with van der Waals surface area (Å²) in [5.74, 6) is 0. The predicted octanol–water partition coefficient (Wildman–Crippen LogP) is 0.893. The SMILES string of the molecule is Cc1cc(C)c2cc[cH-]c2c1.[Cl-].[Cl-].[Zr+4].c1ccc2c(c1)[cH-]c1ccccc12. The van der Waals surface area contributed by atoms with Crippen LogP contribution in [-0.4, -0.2) is 0 Å². The molecule has 134 valence electrons. The number of hydrogen-bond donors (Lipinski definition) is 0. The zero-order chi connectivity index (χ0) is 16.5. The Balaban J connectivity index is 0.000000246. The van der Waals surface area contributed by atoms with Crippen molar-refractivity contribution >= 4 is 32.3 Å². The van der Waals surface area contributed by atoms with Gasteiger partial charge in [-0.3, -0.25) is 0 Å². The maximum atomic E-state index is 2.24. The van der Waals surface area contributed by atoms with Gasteiger partial charge in [0.05, 0.1) is 0 Å². The molecule has 0 aliphatic carbocycles. The van der Waals surface area contributed by atoms with Crippen molar-refractivity contribution in [2.75, 3.05) is 0 Å². The van der Waals surface area contributed by atoms with Crippen molar-refractivity contribution in [3.05, 3.63) is 96.1 Å². The van der Waals surface area contributed by atoms with Crippen LogP contribution in [0.5, 0.6) is 0 Å². The first kappa shape index (κ1) is 23.6. The quantitative estimate of drug-likeness (QED) is 0.295. The summed E-state index contributed by atoms with van der Waals surface area (Å²) >= 11 is 0. The van der Waals surface area contributed by atoms with Crippen molar-refractivity contribution < 1.29 is 51.0 Å². The van der Waals surface area contributed by atoms with E-state index in [2.05, 4.69) is 98.8 Å². The minimum absolute atomic E-state index is 0. The van der Waals surface area contributed by atoms with Gasteiger partial charge in [0.1, 0.15) is 0 Å². The Morgan fingerprint density at radius 3 is 1.78 bits per heavy atom. The maximum absolute atomic E-state index is 2.24. The third kappa shape index (κ3) is 4.91. The van der Waals surface area contributed by atoms with E-state index in [9.17, 15) is 0 Å². The van der Waals surface area contributed by atoms with Gasteiger partial charge in [-0.25, -0.2) is 0 Å². The monoisotopic (exact) mass is 468 g/mol. The Kier molecular flexibility index (Phi) is 8.96. The van der Waals surface area contributed by atoms with Gasteiger partial charge in [-0.1, -0.05) is 53.6 Å². The molecule has 0 aliphatic rings. The van der Waals surface area contributed by atoms with Crippen LogP contribution in [0.1, 0.15) is 11.1 Å². The number of rotatable bonds is 0. The fraction of sp³-hybridized carbons (Fsp3) is 0.0833. The standard InChI is InChI=1S/C13H9.C11H11.2ClH.Zr/c1-3-7-12-10(5-1)9-11-6-2-4-8-13(11)12;1-8-6-9(2)11-5-3-4-10(11)7-8;;;/h1-9H;3-7H,1-2H3;2*1H;/q2*-1;;;+4/p-2. The molecule has 0 aliphatic heterocycles. The fourth-order valence-electron chi connectivity index (χ4n) is 3.53. The van der Waals surface area contributed by atoms with E-state index in [-0.39, 0.29) is 51.0 Å². The second-order valence-electron chi connectivity index (χ2n) is 6.43. The third-order valence-corrected chi connectivity index (χ3v) is 4.62. The molecule has 0 fully saturated rings. The molecule has 5 aromatic carbocycles. The van der Waals surface area contributed by atoms with E-state index in [1.54, 1.807) is 0 Å². The molecule has 3 heteroatoms. The Morgan fingerprint density at radius 1 is 0.630 bits per heavy atom. The van der Waals surface area contributed by atoms with Crippen molar-refractivity contribution in [2.45, 2.75) is 13.8 Å². The molecule has 5 aromatic rings. The molecule has 0 N–H and O–H groups in total. The molecule has 0 heterocycles. The van der Waals surface area contributed by atoms with Gasteiger partial charge in [-0.05, 0) is 13.8 Å². The summed E-state index contributed by atoms with van der Waals surface area (Å²) in [7, 11) is 0. The molecule has 0 radical (unpaired) electrons. The smallest absolute Gasteiger partial charge is 1.00 e. The van der Waals surface area contributed by atoms with Gasteiger partial charge in [-0.15, -0.1) is 62.6 Å². The Bertz CT molecular complexity index is 1080. The molecular weight excluding hydrogens is 450 g/mol. The van der Waals surface area contributed by atoms with Crippen LogP contribution in [0, 0.1) is 13.8 Å². The van der Waals surface area contributed by atoms with E-state index >= 15 is 0 Å². The van der Waals surface area contributed by atoms with Crippen LogP contribution in [0.3, 0.4) is 0 Å². The maximum Gasteiger partial charge on any atom is 4.00 e. The van der Waals surface area contributed by atoms with Gasteiger partial charge < -0.3 is 24.8 Å². The van der Waals surface area contributed by atoms with Crippen LogP contribution in [0.2, 0.25) is 0 Å². The van der Waals surface area contributed by atoms with Crippen LogP contribution in [0.15, 0.2) is 84.9 Å². The molecule has 0 saturated heterocycles. The summed E-state index contributed by atoms with van der Waals surface area (Å²) in [6.07, 6.45) is 0. The molecular formula is C24H20Cl2Zr. The van der Waals surface area contributed by atoms with E-state index in [0.29, 0.717) is 0 Å². The largest absolute Gasteiger partial charge is 4.00 e. The van der Waals surface area contributed by atoms with Crippen molar-refractivity contribution in [1.29, 1.82) is 0 Å². The molecule has 5 rings (SSSR count). The summed E-state index contributed by atoms with van der Waals surface area (Å²) in [6, 6.07) is 30.2. The van der Waals surface area contributed by atoms with Gasteiger partial charge >= 0.3 is 26.2 Å². The predicted molar refractivity (Wildman–Crippen MR) is 106 cm³/mol. The van der Waals surface area contributed by atoms with Crippen molar-refractivity contribution in [3.8, 4) is 0 Å². The first-order valence-corrected chi connectivity index (χ1v) is 8.38. The third-order valence-electron chi connectivity index (χ3n) is 4.62. The van der Waals surface area contributed by atoms with Gasteiger partial charge in [0.2, 0.25) is 0 Å². The number of halogens is 2. The zero-order valence-electron chi connectivity index (χ0n) is 15.3. The number of hydrogen-bond acceptors (Lipinski definition) is 0. The molecule has 0 saturated carbocycles. The number of fused-ring (bicyclic) bond motifs is 4. The summed E-state index contributed by atoms with van der Waals surface area (Å²) in [5, 5.41) is 8.14. The molecule has 27 heavy (non-hydrogen) atoms. The molecule has 0 bridgehead atoms. The number of aryl methyl sites for hydroxylation is 2. The van der Waals surface area contributed by atoms with Crippen LogP contribution in [0.4, 0.5) is 0 Å². The van der Waals surface area contributed by atoms with Crippen LogP contribution in [-0.2, 0) is 26.2 Å². The minimum Gasteiger partial charge on any atom is -1.00 e. The van der Waals surface area contributed by atoms with Crippen molar-refractivity contribution in [3.63, 3.8) is 0 Å². The van der Waals surface area contributed by atoms with Crippen molar-refractivity contribution in [2.24, 2.45) is 0 Å². The molecule has 0 aromatic heterocycles. The van der Waals surface area contributed by atoms with Gasteiger partial charge in [-0.2, -0.15) is 12.1 Å². The summed E-state index contributed by atoms with van der Waals surface area (Å²) < 4.78 is 0. The van der Waals surface area contributed by atoms with E-state index < -0.39 is 0 Å². The Labute approximate surface area is 192 Å². The molecule has 0 amide bonds. The Hall–Kier alpha value is -1.40. The Morgan fingerprint density at radius 2 is 1.19 bits per heavy atom. The second kappa shape index (κ2) is 10.2. The van der Waals surface area contributed by atoms with E-state index in [1.165, 1.54) is 43.4 Å². The molecule has 0 atom stereocenters. The first-order valence-electron chi connectivity index (χ1n) is 8.38. The van der Waals surface area contributed by atoms with Crippen LogP contribution in [0.25, 0.3) is 32.3 Å². The van der Waals surface area contributed by atoms with E-state index in [4.69, 9.17) is 0 Å². The fourth-order valence-corrected chi connectivity index (χ4v) is 3.53. The van der Waals surface area contributed by atoms with Gasteiger partial charge in [0, 0.05) is 0 Å². The summed E-state index contributed by atoms with van der Waals surface area (Å²) in [4.78, 5) is 0. The van der Waals surface area contributed by atoms with Gasteiger partial charge in [0.15, 0.2) is 0 Å². The summed E-state index contributed by atoms with van der Waals surface area (Å²) in [6.45, 7) is 4.30. The van der Waals surface area contributed by atoms with Crippen LogP contribution >= 0.6 is 0 Å². The second-order valence-corrected chi connectivity index (χ2v) is 6.43. The minimum atomic E-state index is 0. The number of benzene rings is 3. The van der Waals surface area contributed by atoms with Gasteiger partial charge in [0.25, 0.3) is 0 Å². The zero-order valence-corrected chi connectivity index (χ0v) is 19.3. The molecule has 0 spiro atoms.